The van der Waals surface area contributed by atoms with E-state index in [4.69, 9.17) is 0 Å². The molecule has 27 heavy (non-hydrogen) atoms. The second kappa shape index (κ2) is 19.2. The molecule has 2 aliphatic rings. The third-order valence-corrected chi connectivity index (χ3v) is 4.29. The fraction of sp³-hybridized carbons (Fsp3) is 0.556. The normalized spacial score (nSPS) is 14.1. The van der Waals surface area contributed by atoms with E-state index in [-0.39, 0.29) is 0 Å². The summed E-state index contributed by atoms with van der Waals surface area (Å²) in [6.45, 7) is 27.9. The van der Waals surface area contributed by atoms with Gasteiger partial charge in [0.15, 0.2) is 0 Å². The fourth-order valence-electron chi connectivity index (χ4n) is 3.53. The first-order valence-corrected chi connectivity index (χ1v) is 11.3. The van der Waals surface area contributed by atoms with Crippen molar-refractivity contribution in [3.8, 4) is 0 Å². The highest BCUT2D eigenvalue weighted by atomic mass is 14.4. The summed E-state index contributed by atoms with van der Waals surface area (Å²) in [5, 5.41) is 0. The summed E-state index contributed by atoms with van der Waals surface area (Å²) in [4.78, 5) is 0. The second-order valence-corrected chi connectivity index (χ2v) is 5.43. The lowest BCUT2D eigenvalue weighted by molar-refractivity contribution is 0.326. The molecule has 0 unspecified atom stereocenters. The molecule has 0 N–H and O–H groups in total. The van der Waals surface area contributed by atoms with Crippen molar-refractivity contribution in [1.29, 1.82) is 0 Å². The highest BCUT2D eigenvalue weighted by molar-refractivity contribution is 5.44. The zero-order valence-corrected chi connectivity index (χ0v) is 20.2. The Kier molecular flexibility index (Phi) is 21.5. The fourth-order valence-corrected chi connectivity index (χ4v) is 3.53. The minimum absolute atomic E-state index is 0.427. The van der Waals surface area contributed by atoms with E-state index in [0.717, 1.165) is 0 Å². The number of hydrogen-bond acceptors (Lipinski definition) is 0. The number of benzene rings is 1. The standard InChI is InChI=1S/C17H18.5C2H6/c1-3-13-9-17(10-14(13)4-2)11-15-7-5-6-8-16(15)12-17;5*1-2/h3-8H,1-2,9-12H2;5*1-2H3. The van der Waals surface area contributed by atoms with E-state index >= 15 is 0 Å². The van der Waals surface area contributed by atoms with Crippen LogP contribution in [0, 0.1) is 5.41 Å². The van der Waals surface area contributed by atoms with Crippen LogP contribution in [0.15, 0.2) is 60.7 Å². The molecule has 0 saturated carbocycles. The Morgan fingerprint density at radius 3 is 1.15 bits per heavy atom. The molecule has 0 nitrogen and oxygen atoms in total. The molecule has 0 aromatic heterocycles. The van der Waals surface area contributed by atoms with Crippen molar-refractivity contribution in [3.05, 3.63) is 71.8 Å². The topological polar surface area (TPSA) is 0 Å². The Morgan fingerprint density at radius 2 is 0.889 bits per heavy atom. The van der Waals surface area contributed by atoms with Gasteiger partial charge in [-0.25, -0.2) is 0 Å². The van der Waals surface area contributed by atoms with E-state index in [1.54, 1.807) is 11.1 Å². The van der Waals surface area contributed by atoms with Crippen LogP contribution in [0.1, 0.15) is 93.2 Å². The van der Waals surface area contributed by atoms with Gasteiger partial charge < -0.3 is 0 Å². The molecule has 3 rings (SSSR count). The van der Waals surface area contributed by atoms with E-state index < -0.39 is 0 Å². The quantitative estimate of drug-likeness (QED) is 0.485. The maximum absolute atomic E-state index is 3.94. The maximum Gasteiger partial charge on any atom is -0.0136 e. The lowest BCUT2D eigenvalue weighted by atomic mass is 9.81. The first-order chi connectivity index (χ1) is 13.3. The minimum Gasteiger partial charge on any atom is -0.0988 e. The van der Waals surface area contributed by atoms with Crippen molar-refractivity contribution >= 4 is 0 Å². The first-order valence-electron chi connectivity index (χ1n) is 11.3. The van der Waals surface area contributed by atoms with Gasteiger partial charge in [-0.3, -0.25) is 0 Å². The maximum atomic E-state index is 3.94. The van der Waals surface area contributed by atoms with E-state index in [1.165, 1.54) is 36.8 Å². The number of hydrogen-bond donors (Lipinski definition) is 0. The van der Waals surface area contributed by atoms with Gasteiger partial charge in [0.1, 0.15) is 0 Å². The van der Waals surface area contributed by atoms with Crippen molar-refractivity contribution in [1.82, 2.24) is 0 Å². The number of fused-ring (bicyclic) bond motifs is 1. The smallest absolute Gasteiger partial charge is 0.0136 e. The zero-order valence-electron chi connectivity index (χ0n) is 20.2. The van der Waals surface area contributed by atoms with Crippen LogP contribution in [-0.4, -0.2) is 0 Å². The average molecular weight is 373 g/mol. The third kappa shape index (κ3) is 8.78. The van der Waals surface area contributed by atoms with E-state index in [9.17, 15) is 0 Å². The Labute approximate surface area is 172 Å². The largest absolute Gasteiger partial charge is 0.0988 e. The molecule has 0 bridgehead atoms. The number of rotatable bonds is 2. The van der Waals surface area contributed by atoms with Crippen LogP contribution >= 0.6 is 0 Å². The summed E-state index contributed by atoms with van der Waals surface area (Å²) in [7, 11) is 0. The minimum atomic E-state index is 0.427. The molecule has 0 saturated heterocycles. The van der Waals surface area contributed by atoms with Gasteiger partial charge >= 0.3 is 0 Å². The van der Waals surface area contributed by atoms with Gasteiger partial charge in [0.2, 0.25) is 0 Å². The van der Waals surface area contributed by atoms with Crippen LogP contribution < -0.4 is 0 Å². The van der Waals surface area contributed by atoms with Gasteiger partial charge in [0.25, 0.3) is 0 Å². The van der Waals surface area contributed by atoms with Gasteiger partial charge in [-0.15, -0.1) is 0 Å². The van der Waals surface area contributed by atoms with Crippen molar-refractivity contribution in [2.75, 3.05) is 0 Å². The molecule has 156 valence electrons. The van der Waals surface area contributed by atoms with Crippen LogP contribution in [0.5, 0.6) is 0 Å². The molecule has 1 aromatic carbocycles. The summed E-state index contributed by atoms with van der Waals surface area (Å²) < 4.78 is 0. The molecular formula is C27H48. The van der Waals surface area contributed by atoms with Crippen LogP contribution in [-0.2, 0) is 12.8 Å². The predicted octanol–water partition coefficient (Wildman–Crippen LogP) is 9.36. The van der Waals surface area contributed by atoms with E-state index in [2.05, 4.69) is 37.4 Å². The zero-order chi connectivity index (χ0) is 21.9. The summed E-state index contributed by atoms with van der Waals surface area (Å²) in [6, 6.07) is 8.87. The van der Waals surface area contributed by atoms with Crippen LogP contribution in [0.3, 0.4) is 0 Å². The predicted molar refractivity (Wildman–Crippen MR) is 130 cm³/mol. The van der Waals surface area contributed by atoms with Gasteiger partial charge in [-0.05, 0) is 53.4 Å². The molecule has 0 atom stereocenters. The third-order valence-electron chi connectivity index (χ3n) is 4.29. The monoisotopic (exact) mass is 372 g/mol. The van der Waals surface area contributed by atoms with Crippen LogP contribution in [0.4, 0.5) is 0 Å². The highest BCUT2D eigenvalue weighted by Crippen LogP contribution is 2.51. The highest BCUT2D eigenvalue weighted by Gasteiger charge is 2.41. The summed E-state index contributed by atoms with van der Waals surface area (Å²) in [5.74, 6) is 0. The van der Waals surface area contributed by atoms with Crippen molar-refractivity contribution in [3.63, 3.8) is 0 Å². The summed E-state index contributed by atoms with van der Waals surface area (Å²) in [5.41, 5.74) is 6.33. The molecule has 0 heterocycles. The second-order valence-electron chi connectivity index (χ2n) is 5.43. The summed E-state index contributed by atoms with van der Waals surface area (Å²) in [6.07, 6.45) is 8.83. The Balaban J connectivity index is -0.000000504. The van der Waals surface area contributed by atoms with Crippen molar-refractivity contribution in [2.24, 2.45) is 5.41 Å². The Bertz CT molecular complexity index is 470. The number of allylic oxidation sites excluding steroid dienone is 4. The van der Waals surface area contributed by atoms with Gasteiger partial charge in [-0.2, -0.15) is 0 Å². The SMILES string of the molecule is C=CC1=C(C=C)CC2(C1)Cc1ccccc1C2.CC.CC.CC.CC.CC. The Hall–Kier alpha value is -1.56. The molecular weight excluding hydrogens is 324 g/mol. The molecule has 0 fully saturated rings. The van der Waals surface area contributed by atoms with Gasteiger partial charge in [0, 0.05) is 0 Å². The molecule has 0 amide bonds. The average Bonchev–Trinajstić information content (AvgIpc) is 3.33. The van der Waals surface area contributed by atoms with Crippen molar-refractivity contribution in [2.45, 2.75) is 94.9 Å². The van der Waals surface area contributed by atoms with Crippen LogP contribution in [0.25, 0.3) is 0 Å². The first kappa shape index (κ1) is 30.2. The van der Waals surface area contributed by atoms with E-state index in [1.807, 2.05) is 81.4 Å². The molecule has 1 spiro atoms. The molecule has 2 aliphatic carbocycles. The van der Waals surface area contributed by atoms with E-state index in [0.29, 0.717) is 5.41 Å². The molecule has 1 aromatic rings. The lowest BCUT2D eigenvalue weighted by Gasteiger charge is -2.23. The van der Waals surface area contributed by atoms with Crippen molar-refractivity contribution < 1.29 is 0 Å². The molecule has 0 radical (unpaired) electrons. The van der Waals surface area contributed by atoms with Gasteiger partial charge in [-0.1, -0.05) is 119 Å². The van der Waals surface area contributed by atoms with Gasteiger partial charge in [0.05, 0.1) is 0 Å². The Morgan fingerprint density at radius 1 is 0.593 bits per heavy atom. The molecule has 0 heteroatoms. The summed E-state index contributed by atoms with van der Waals surface area (Å²) >= 11 is 0. The lowest BCUT2D eigenvalue weighted by Crippen LogP contribution is -2.17. The molecule has 0 aliphatic heterocycles. The van der Waals surface area contributed by atoms with Crippen LogP contribution in [0.2, 0.25) is 0 Å².